The number of nitrogens with zero attached hydrogens (tertiary/aromatic N) is 2. The summed E-state index contributed by atoms with van der Waals surface area (Å²) in [6.07, 6.45) is 0. The number of fused-ring (bicyclic) bond motifs is 1. The zero-order valence-electron chi connectivity index (χ0n) is 12.0. The number of carbonyl (C=O) groups is 1. The monoisotopic (exact) mass is 348 g/mol. The molecule has 1 atom stereocenters. The van der Waals surface area contributed by atoms with Gasteiger partial charge in [0.25, 0.3) is 0 Å². The number of halogens is 1. The van der Waals surface area contributed by atoms with Gasteiger partial charge in [-0.2, -0.15) is 0 Å². The summed E-state index contributed by atoms with van der Waals surface area (Å²) in [6.45, 7) is 1.76. The van der Waals surface area contributed by atoms with Gasteiger partial charge in [-0.25, -0.2) is 8.42 Å². The first-order valence-corrected chi connectivity index (χ1v) is 9.27. The summed E-state index contributed by atoms with van der Waals surface area (Å²) in [5.41, 5.74) is 0.553. The molecule has 0 fully saturated rings. The maximum absolute atomic E-state index is 12.7. The Bertz CT molecular complexity index is 661. The molecule has 0 spiro atoms. The maximum atomic E-state index is 12.7. The summed E-state index contributed by atoms with van der Waals surface area (Å²) in [6, 6.07) is 5.17. The van der Waals surface area contributed by atoms with Crippen LogP contribution in [0.25, 0.3) is 0 Å². The van der Waals surface area contributed by atoms with Gasteiger partial charge in [0.1, 0.15) is 0 Å². The molecule has 1 aliphatic rings. The van der Waals surface area contributed by atoms with Gasteiger partial charge in [0, 0.05) is 36.3 Å². The van der Waals surface area contributed by atoms with Crippen LogP contribution in [-0.4, -0.2) is 50.9 Å². The van der Waals surface area contributed by atoms with Crippen molar-refractivity contribution in [1.82, 2.24) is 4.90 Å². The van der Waals surface area contributed by atoms with Crippen LogP contribution in [-0.2, 0) is 14.8 Å². The van der Waals surface area contributed by atoms with E-state index in [4.69, 9.17) is 11.6 Å². The Labute approximate surface area is 134 Å². The van der Waals surface area contributed by atoms with E-state index >= 15 is 0 Å². The average Bonchev–Trinajstić information content (AvgIpc) is 2.44. The summed E-state index contributed by atoms with van der Waals surface area (Å²) in [4.78, 5) is 14.2. The molecule has 0 bridgehead atoms. The second-order valence-corrected chi connectivity index (χ2v) is 8.70. The lowest BCUT2D eigenvalue weighted by molar-refractivity contribution is -0.127. The minimum absolute atomic E-state index is 0.339. The topological polar surface area (TPSA) is 57.7 Å². The number of hydrogen-bond donors (Lipinski definition) is 0. The Morgan fingerprint density at radius 1 is 1.43 bits per heavy atom. The number of carbonyl (C=O) groups excluding carboxylic acids is 1. The lowest BCUT2D eigenvalue weighted by atomic mass is 10.3. The Balaban J connectivity index is 2.43. The van der Waals surface area contributed by atoms with Gasteiger partial charge in [-0.15, -0.1) is 11.8 Å². The van der Waals surface area contributed by atoms with Gasteiger partial charge in [0.15, 0.2) is 5.25 Å². The van der Waals surface area contributed by atoms with Crippen molar-refractivity contribution in [1.29, 1.82) is 0 Å². The molecule has 1 amide bonds. The molecular weight excluding hydrogens is 332 g/mol. The van der Waals surface area contributed by atoms with Gasteiger partial charge in [-0.1, -0.05) is 11.6 Å². The average molecular weight is 349 g/mol. The number of thioether (sulfide) groups is 1. The smallest absolute Gasteiger partial charge is 0.246 e. The maximum Gasteiger partial charge on any atom is 0.246 e. The molecule has 0 saturated carbocycles. The van der Waals surface area contributed by atoms with Crippen LogP contribution in [0.2, 0.25) is 5.02 Å². The zero-order chi connectivity index (χ0) is 15.8. The zero-order valence-corrected chi connectivity index (χ0v) is 14.4. The molecule has 0 saturated heterocycles. The van der Waals surface area contributed by atoms with E-state index in [9.17, 15) is 13.2 Å². The van der Waals surface area contributed by atoms with Crippen molar-refractivity contribution in [3.8, 4) is 0 Å². The molecule has 1 aliphatic heterocycles. The van der Waals surface area contributed by atoms with Gasteiger partial charge in [-0.05, 0) is 25.1 Å². The number of hydrogen-bond acceptors (Lipinski definition) is 4. The van der Waals surface area contributed by atoms with Gasteiger partial charge in [0.05, 0.1) is 5.69 Å². The fourth-order valence-corrected chi connectivity index (χ4v) is 5.05. The fourth-order valence-electron chi connectivity index (χ4n) is 2.11. The normalized spacial score (nSPS) is 16.3. The molecule has 0 radical (unpaired) electrons. The third-order valence-corrected chi connectivity index (χ3v) is 6.65. The Hall–Kier alpha value is -0.920. The minimum Gasteiger partial charge on any atom is -0.348 e. The third kappa shape index (κ3) is 3.14. The molecule has 116 valence electrons. The Morgan fingerprint density at radius 3 is 2.71 bits per heavy atom. The van der Waals surface area contributed by atoms with Crippen molar-refractivity contribution in [3.05, 3.63) is 23.2 Å². The van der Waals surface area contributed by atoms with Crippen molar-refractivity contribution in [3.63, 3.8) is 0 Å². The highest BCUT2D eigenvalue weighted by Crippen LogP contribution is 2.38. The van der Waals surface area contributed by atoms with E-state index in [-0.39, 0.29) is 0 Å². The summed E-state index contributed by atoms with van der Waals surface area (Å²) >= 11 is 7.56. The molecule has 5 nitrogen and oxygen atoms in total. The highest BCUT2D eigenvalue weighted by molar-refractivity contribution is 8.00. The van der Waals surface area contributed by atoms with Gasteiger partial charge in [-0.3, -0.25) is 9.10 Å². The van der Waals surface area contributed by atoms with Crippen LogP contribution in [0, 0.1) is 0 Å². The van der Waals surface area contributed by atoms with Gasteiger partial charge >= 0.3 is 0 Å². The first kappa shape index (κ1) is 16.5. The fraction of sp³-hybridized carbons (Fsp3) is 0.462. The third-order valence-electron chi connectivity index (χ3n) is 3.28. The lowest BCUT2D eigenvalue weighted by Gasteiger charge is -2.32. The number of sulfonamides is 1. The second kappa shape index (κ2) is 6.06. The standard InChI is InChI=1S/C13H17ClN2O3S2/c1-9(13(17)15(2)3)21(18,19)16-6-7-20-12-5-4-10(14)8-11(12)16/h4-5,8-9H,6-7H2,1-3H3. The second-order valence-electron chi connectivity index (χ2n) is 4.95. The Morgan fingerprint density at radius 2 is 2.10 bits per heavy atom. The largest absolute Gasteiger partial charge is 0.348 e. The molecule has 21 heavy (non-hydrogen) atoms. The summed E-state index contributed by atoms with van der Waals surface area (Å²) in [5.74, 6) is 0.216. The van der Waals surface area contributed by atoms with E-state index in [0.717, 1.165) is 4.90 Å². The van der Waals surface area contributed by atoms with Crippen LogP contribution in [0.3, 0.4) is 0 Å². The highest BCUT2D eigenvalue weighted by Gasteiger charge is 2.37. The highest BCUT2D eigenvalue weighted by atomic mass is 35.5. The SMILES string of the molecule is CC(C(=O)N(C)C)S(=O)(=O)N1CCSc2ccc(Cl)cc21. The molecule has 1 heterocycles. The number of amides is 1. The van der Waals surface area contributed by atoms with Crippen LogP contribution < -0.4 is 4.31 Å². The van der Waals surface area contributed by atoms with E-state index in [1.165, 1.54) is 16.1 Å². The molecule has 1 aromatic rings. The summed E-state index contributed by atoms with van der Waals surface area (Å²) < 4.78 is 26.8. The predicted molar refractivity (Wildman–Crippen MR) is 86.6 cm³/mol. The van der Waals surface area contributed by atoms with Crippen LogP contribution in [0.5, 0.6) is 0 Å². The van der Waals surface area contributed by atoms with Crippen molar-refractivity contribution >= 4 is 45.0 Å². The molecule has 0 aliphatic carbocycles. The first-order valence-electron chi connectivity index (χ1n) is 6.40. The molecule has 1 unspecified atom stereocenters. The van der Waals surface area contributed by atoms with E-state index in [2.05, 4.69) is 0 Å². The van der Waals surface area contributed by atoms with Crippen LogP contribution in [0.1, 0.15) is 6.92 Å². The van der Waals surface area contributed by atoms with E-state index < -0.39 is 21.2 Å². The van der Waals surface area contributed by atoms with Crippen LogP contribution in [0.4, 0.5) is 5.69 Å². The van der Waals surface area contributed by atoms with Gasteiger partial charge in [0.2, 0.25) is 15.9 Å². The summed E-state index contributed by atoms with van der Waals surface area (Å²) in [5, 5.41) is -0.648. The number of rotatable bonds is 3. The van der Waals surface area contributed by atoms with Crippen molar-refractivity contribution in [2.24, 2.45) is 0 Å². The first-order chi connectivity index (χ1) is 9.75. The molecule has 0 aromatic heterocycles. The molecule has 8 heteroatoms. The molecule has 0 N–H and O–H groups in total. The molecule has 2 rings (SSSR count). The quantitative estimate of drug-likeness (QED) is 0.839. The van der Waals surface area contributed by atoms with Crippen LogP contribution in [0.15, 0.2) is 23.1 Å². The van der Waals surface area contributed by atoms with Gasteiger partial charge < -0.3 is 4.90 Å². The van der Waals surface area contributed by atoms with E-state index in [1.807, 2.05) is 6.07 Å². The summed E-state index contributed by atoms with van der Waals surface area (Å²) in [7, 11) is -0.673. The number of benzene rings is 1. The Kier molecular flexibility index (Phi) is 4.75. The van der Waals surface area contributed by atoms with Crippen molar-refractivity contribution in [2.75, 3.05) is 30.7 Å². The van der Waals surface area contributed by atoms with E-state index in [1.54, 1.807) is 38.0 Å². The molecular formula is C13H17ClN2O3S2. The number of anilines is 1. The van der Waals surface area contributed by atoms with Crippen LogP contribution >= 0.6 is 23.4 Å². The van der Waals surface area contributed by atoms with E-state index in [0.29, 0.717) is 23.0 Å². The molecule has 1 aromatic carbocycles. The minimum atomic E-state index is -3.77. The predicted octanol–water partition coefficient (Wildman–Crippen LogP) is 2.06. The lowest BCUT2D eigenvalue weighted by Crippen LogP contribution is -2.47. The van der Waals surface area contributed by atoms with Crippen molar-refractivity contribution in [2.45, 2.75) is 17.1 Å². The van der Waals surface area contributed by atoms with Crippen molar-refractivity contribution < 1.29 is 13.2 Å².